The molecule has 1 aromatic heterocycles. The van der Waals surface area contributed by atoms with Crippen LogP contribution in [-0.2, 0) is 4.79 Å². The number of hydrogen-bond donors (Lipinski definition) is 0. The molecule has 0 aliphatic carbocycles. The van der Waals surface area contributed by atoms with Crippen LogP contribution in [0.3, 0.4) is 0 Å². The summed E-state index contributed by atoms with van der Waals surface area (Å²) in [5.41, 5.74) is 0.878. The van der Waals surface area contributed by atoms with Gasteiger partial charge in [-0.15, -0.1) is 11.3 Å². The quantitative estimate of drug-likeness (QED) is 0.559. The van der Waals surface area contributed by atoms with E-state index in [-0.39, 0.29) is 5.91 Å². The van der Waals surface area contributed by atoms with Crippen molar-refractivity contribution < 1.29 is 4.79 Å². The van der Waals surface area contributed by atoms with Crippen LogP contribution in [0, 0.1) is 15.4 Å². The molecule has 1 aromatic carbocycles. The zero-order valence-corrected chi connectivity index (χ0v) is 12.7. The van der Waals surface area contributed by atoms with Crippen molar-refractivity contribution in [3.8, 4) is 11.8 Å². The van der Waals surface area contributed by atoms with Crippen LogP contribution < -0.4 is 4.90 Å². The molecule has 1 amide bonds. The molecule has 4 heteroatoms. The molecule has 18 heavy (non-hydrogen) atoms. The molecule has 0 aliphatic rings. The normalized spacial score (nSPS) is 9.44. The number of nitrogens with zero attached hydrogens (tertiary/aromatic N) is 1. The third-order valence-corrected chi connectivity index (χ3v) is 4.03. The number of thiophene rings is 1. The second kappa shape index (κ2) is 6.03. The van der Waals surface area contributed by atoms with E-state index in [1.54, 1.807) is 11.9 Å². The lowest BCUT2D eigenvalue weighted by molar-refractivity contribution is -0.113. The SMILES string of the molecule is CN(C(=O)C#Cc1cccs1)c1ccccc1I. The van der Waals surface area contributed by atoms with Crippen LogP contribution in [0.25, 0.3) is 0 Å². The number of hydrogen-bond acceptors (Lipinski definition) is 2. The highest BCUT2D eigenvalue weighted by Gasteiger charge is 2.10. The zero-order valence-electron chi connectivity index (χ0n) is 9.68. The first-order chi connectivity index (χ1) is 8.68. The molecule has 2 nitrogen and oxygen atoms in total. The molecular weight excluding hydrogens is 357 g/mol. The minimum atomic E-state index is -0.201. The van der Waals surface area contributed by atoms with Crippen molar-refractivity contribution in [2.45, 2.75) is 0 Å². The van der Waals surface area contributed by atoms with E-state index >= 15 is 0 Å². The van der Waals surface area contributed by atoms with Gasteiger partial charge in [-0.1, -0.05) is 18.2 Å². The third kappa shape index (κ3) is 3.12. The van der Waals surface area contributed by atoms with Crippen molar-refractivity contribution in [1.29, 1.82) is 0 Å². The zero-order chi connectivity index (χ0) is 13.0. The van der Waals surface area contributed by atoms with Crippen LogP contribution in [-0.4, -0.2) is 13.0 Å². The maximum atomic E-state index is 11.9. The summed E-state index contributed by atoms with van der Waals surface area (Å²) in [5.74, 6) is 5.32. The molecule has 0 atom stereocenters. The second-order valence-corrected chi connectivity index (χ2v) is 5.65. The minimum Gasteiger partial charge on any atom is -0.304 e. The molecule has 2 rings (SSSR count). The Morgan fingerprint density at radius 3 is 2.72 bits per heavy atom. The van der Waals surface area contributed by atoms with Gasteiger partial charge in [-0.3, -0.25) is 4.79 Å². The molecule has 0 saturated carbocycles. The predicted molar refractivity (Wildman–Crippen MR) is 83.8 cm³/mol. The number of amides is 1. The molecule has 0 unspecified atom stereocenters. The molecule has 0 radical (unpaired) electrons. The average molecular weight is 367 g/mol. The molecule has 0 aliphatic heterocycles. The van der Waals surface area contributed by atoms with Gasteiger partial charge in [0, 0.05) is 16.5 Å². The highest BCUT2D eigenvalue weighted by molar-refractivity contribution is 14.1. The fraction of sp³-hybridized carbons (Fsp3) is 0.0714. The number of benzene rings is 1. The van der Waals surface area contributed by atoms with Gasteiger partial charge < -0.3 is 4.90 Å². The van der Waals surface area contributed by atoms with Crippen molar-refractivity contribution in [3.63, 3.8) is 0 Å². The van der Waals surface area contributed by atoms with Gasteiger partial charge in [0.15, 0.2) is 0 Å². The number of para-hydroxylation sites is 1. The first-order valence-corrected chi connectivity index (χ1v) is 7.22. The number of carbonyl (C=O) groups is 1. The Balaban J connectivity index is 2.17. The van der Waals surface area contributed by atoms with Crippen molar-refractivity contribution in [2.75, 3.05) is 11.9 Å². The molecule has 0 N–H and O–H groups in total. The lowest BCUT2D eigenvalue weighted by Gasteiger charge is -2.15. The minimum absolute atomic E-state index is 0.201. The van der Waals surface area contributed by atoms with Crippen molar-refractivity contribution in [3.05, 3.63) is 50.2 Å². The fourth-order valence-corrected chi connectivity index (χ4v) is 2.70. The van der Waals surface area contributed by atoms with Crippen LogP contribution in [0.5, 0.6) is 0 Å². The highest BCUT2D eigenvalue weighted by atomic mass is 127. The first-order valence-electron chi connectivity index (χ1n) is 5.26. The van der Waals surface area contributed by atoms with Crippen molar-refractivity contribution in [1.82, 2.24) is 0 Å². The van der Waals surface area contributed by atoms with Crippen LogP contribution >= 0.6 is 33.9 Å². The summed E-state index contributed by atoms with van der Waals surface area (Å²) in [6, 6.07) is 11.5. The average Bonchev–Trinajstić information content (AvgIpc) is 2.89. The Morgan fingerprint density at radius 1 is 1.28 bits per heavy atom. The van der Waals surface area contributed by atoms with Gasteiger partial charge in [0.25, 0.3) is 0 Å². The summed E-state index contributed by atoms with van der Waals surface area (Å²) >= 11 is 3.74. The maximum Gasteiger partial charge on any atom is 0.303 e. The summed E-state index contributed by atoms with van der Waals surface area (Å²) < 4.78 is 1.03. The smallest absolute Gasteiger partial charge is 0.303 e. The van der Waals surface area contributed by atoms with E-state index in [0.29, 0.717) is 0 Å². The van der Waals surface area contributed by atoms with Gasteiger partial charge in [0.05, 0.1) is 10.6 Å². The summed E-state index contributed by atoms with van der Waals surface area (Å²) in [7, 11) is 1.74. The largest absolute Gasteiger partial charge is 0.304 e. The van der Waals surface area contributed by atoms with Gasteiger partial charge in [-0.05, 0) is 52.1 Å². The Kier molecular flexibility index (Phi) is 4.39. The van der Waals surface area contributed by atoms with Crippen LogP contribution in [0.1, 0.15) is 4.88 Å². The van der Waals surface area contributed by atoms with E-state index in [9.17, 15) is 4.79 Å². The highest BCUT2D eigenvalue weighted by Crippen LogP contribution is 2.20. The molecule has 1 heterocycles. The van der Waals surface area contributed by atoms with E-state index in [1.807, 2.05) is 41.8 Å². The van der Waals surface area contributed by atoms with E-state index in [0.717, 1.165) is 14.1 Å². The molecule has 0 bridgehead atoms. The molecule has 90 valence electrons. The maximum absolute atomic E-state index is 11.9. The Hall–Kier alpha value is -1.32. The van der Waals surface area contributed by atoms with Gasteiger partial charge >= 0.3 is 5.91 Å². The van der Waals surface area contributed by atoms with Gasteiger partial charge in [-0.2, -0.15) is 0 Å². The lowest BCUT2D eigenvalue weighted by Crippen LogP contribution is -2.25. The summed E-state index contributed by atoms with van der Waals surface area (Å²) in [6.45, 7) is 0. The second-order valence-electron chi connectivity index (χ2n) is 3.54. The topological polar surface area (TPSA) is 20.3 Å². The number of rotatable bonds is 1. The third-order valence-electron chi connectivity index (χ3n) is 2.33. The monoisotopic (exact) mass is 367 g/mol. The van der Waals surface area contributed by atoms with E-state index < -0.39 is 0 Å². The standard InChI is InChI=1S/C14H10INOS/c1-16(13-7-3-2-6-12(13)15)14(17)9-8-11-5-4-10-18-11/h2-7,10H,1H3. The first kappa shape index (κ1) is 13.1. The van der Waals surface area contributed by atoms with Crippen molar-refractivity contribution in [2.24, 2.45) is 0 Å². The van der Waals surface area contributed by atoms with Crippen molar-refractivity contribution >= 4 is 45.5 Å². The summed E-state index contributed by atoms with van der Waals surface area (Å²) in [6.07, 6.45) is 0. The Labute approximate surface area is 124 Å². The molecule has 0 saturated heterocycles. The molecular formula is C14H10INOS. The molecule has 0 fully saturated rings. The lowest BCUT2D eigenvalue weighted by atomic mass is 10.3. The van der Waals surface area contributed by atoms with Crippen LogP contribution in [0.2, 0.25) is 0 Å². The van der Waals surface area contributed by atoms with Gasteiger partial charge in [-0.25, -0.2) is 0 Å². The van der Waals surface area contributed by atoms with E-state index in [1.165, 1.54) is 11.3 Å². The van der Waals surface area contributed by atoms with Crippen LogP contribution in [0.15, 0.2) is 41.8 Å². The van der Waals surface area contributed by atoms with Gasteiger partial charge in [0.2, 0.25) is 0 Å². The number of anilines is 1. The number of halogens is 1. The fourth-order valence-electron chi connectivity index (χ4n) is 1.38. The molecule has 0 spiro atoms. The summed E-state index contributed by atoms with van der Waals surface area (Å²) in [4.78, 5) is 14.4. The Morgan fingerprint density at radius 2 is 2.06 bits per heavy atom. The van der Waals surface area contributed by atoms with Crippen LogP contribution in [0.4, 0.5) is 5.69 Å². The number of carbonyl (C=O) groups excluding carboxylic acids is 1. The predicted octanol–water partition coefficient (Wildman–Crippen LogP) is 3.37. The van der Waals surface area contributed by atoms with E-state index in [4.69, 9.17) is 0 Å². The molecule has 2 aromatic rings. The van der Waals surface area contributed by atoms with E-state index in [2.05, 4.69) is 34.4 Å². The summed E-state index contributed by atoms with van der Waals surface area (Å²) in [5, 5.41) is 1.94. The van der Waals surface area contributed by atoms with Gasteiger partial charge in [0.1, 0.15) is 0 Å². The Bertz CT molecular complexity index is 610.